The smallest absolute Gasteiger partial charge is 0.128 e. The van der Waals surface area contributed by atoms with Crippen LogP contribution in [0.25, 0.3) is 28.0 Å². The zero-order valence-corrected chi connectivity index (χ0v) is 31.3. The second kappa shape index (κ2) is 14.1. The molecular weight excluding hydrogens is 706 g/mol. The molecular formula is C43H44FN11O. The van der Waals surface area contributed by atoms with Crippen LogP contribution in [0.1, 0.15) is 85.7 Å². The number of nitrogens with zero attached hydrogens (tertiary/aromatic N) is 10. The molecule has 6 aromatic rings. The van der Waals surface area contributed by atoms with Gasteiger partial charge in [0.2, 0.25) is 0 Å². The highest BCUT2D eigenvalue weighted by Gasteiger charge is 2.44. The van der Waals surface area contributed by atoms with Crippen molar-refractivity contribution in [3.63, 3.8) is 0 Å². The minimum Gasteiger partial charge on any atom is -0.399 e. The predicted molar refractivity (Wildman–Crippen MR) is 210 cm³/mol. The summed E-state index contributed by atoms with van der Waals surface area (Å²) < 4.78 is 24.8. The van der Waals surface area contributed by atoms with Crippen molar-refractivity contribution in [3.05, 3.63) is 108 Å². The highest BCUT2D eigenvalue weighted by molar-refractivity contribution is 5.83. The largest absolute Gasteiger partial charge is 0.399 e. The highest BCUT2D eigenvalue weighted by Crippen LogP contribution is 2.44. The van der Waals surface area contributed by atoms with Crippen molar-refractivity contribution in [3.8, 4) is 28.6 Å². The zero-order chi connectivity index (χ0) is 37.8. The second-order valence-electron chi connectivity index (χ2n) is 15.9. The second-order valence-corrected chi connectivity index (χ2v) is 15.9. The molecule has 0 bridgehead atoms. The van der Waals surface area contributed by atoms with Gasteiger partial charge in [0, 0.05) is 60.1 Å². The van der Waals surface area contributed by atoms with E-state index in [-0.39, 0.29) is 17.3 Å². The van der Waals surface area contributed by atoms with E-state index in [1.165, 1.54) is 11.6 Å². The van der Waals surface area contributed by atoms with Gasteiger partial charge in [-0.2, -0.15) is 15.5 Å². The first-order chi connectivity index (χ1) is 27.4. The Morgan fingerprint density at radius 1 is 0.857 bits per heavy atom. The lowest BCUT2D eigenvalue weighted by Gasteiger charge is -2.41. The van der Waals surface area contributed by atoms with Crippen LogP contribution >= 0.6 is 0 Å². The van der Waals surface area contributed by atoms with Crippen LogP contribution in [0.15, 0.2) is 79.6 Å². The molecule has 2 saturated heterocycles. The van der Waals surface area contributed by atoms with Crippen LogP contribution in [-0.4, -0.2) is 71.5 Å². The van der Waals surface area contributed by atoms with Gasteiger partial charge >= 0.3 is 0 Å². The molecule has 10 rings (SSSR count). The van der Waals surface area contributed by atoms with E-state index in [0.717, 1.165) is 111 Å². The Kier molecular flexibility index (Phi) is 8.75. The lowest BCUT2D eigenvalue weighted by Crippen LogP contribution is -2.43. The molecule has 5 aromatic heterocycles. The Hall–Kier alpha value is -5.71. The van der Waals surface area contributed by atoms with Crippen LogP contribution < -0.4 is 10.6 Å². The Bertz CT molecular complexity index is 2430. The van der Waals surface area contributed by atoms with E-state index < -0.39 is 0 Å². The summed E-state index contributed by atoms with van der Waals surface area (Å²) in [5.41, 5.74) is 13.3. The molecule has 8 heterocycles. The normalized spacial score (nSPS) is 21.4. The fourth-order valence-corrected chi connectivity index (χ4v) is 9.69. The van der Waals surface area contributed by atoms with Gasteiger partial charge in [-0.05, 0) is 106 Å². The van der Waals surface area contributed by atoms with Crippen LogP contribution in [0.5, 0.6) is 0 Å². The summed E-state index contributed by atoms with van der Waals surface area (Å²) in [5.74, 6) is 0.974. The number of nitrogen functional groups attached to an aromatic ring is 1. The van der Waals surface area contributed by atoms with Crippen LogP contribution in [0.4, 0.5) is 15.9 Å². The number of benzene rings is 1. The number of nitrogens with two attached hydrogens (primary N) is 1. The number of likely N-dealkylation sites (tertiary alicyclic amines) is 1. The molecule has 0 unspecified atom stereocenters. The summed E-state index contributed by atoms with van der Waals surface area (Å²) >= 11 is 0. The molecule has 3 fully saturated rings. The van der Waals surface area contributed by atoms with Gasteiger partial charge in [-0.1, -0.05) is 12.1 Å². The number of ether oxygens (including phenoxy) is 1. The molecule has 3 aliphatic heterocycles. The summed E-state index contributed by atoms with van der Waals surface area (Å²) in [5, 5.41) is 19.3. The molecule has 1 saturated carbocycles. The summed E-state index contributed by atoms with van der Waals surface area (Å²) in [6, 6.07) is 16.4. The maximum atomic E-state index is 14.6. The van der Waals surface area contributed by atoms with E-state index >= 15 is 0 Å². The van der Waals surface area contributed by atoms with E-state index in [1.807, 2.05) is 55.1 Å². The van der Waals surface area contributed by atoms with Gasteiger partial charge < -0.3 is 20.3 Å². The van der Waals surface area contributed by atoms with E-state index in [9.17, 15) is 9.65 Å². The molecule has 56 heavy (non-hydrogen) atoms. The van der Waals surface area contributed by atoms with Crippen LogP contribution in [0.3, 0.4) is 0 Å². The fraction of sp³-hybridized carbons (Fsp3) is 0.395. The van der Waals surface area contributed by atoms with Crippen LogP contribution in [-0.2, 0) is 16.9 Å². The number of aromatic nitrogens is 7. The number of fused-ring (bicyclic) bond motifs is 3. The number of anilines is 2. The van der Waals surface area contributed by atoms with Crippen molar-refractivity contribution in [1.82, 2.24) is 39.2 Å². The topological polar surface area (TPSA) is 139 Å². The first-order valence-corrected chi connectivity index (χ1v) is 19.9. The number of hydrogen-bond donors (Lipinski definition) is 1. The Labute approximate surface area is 324 Å². The molecule has 0 amide bonds. The molecule has 1 spiro atoms. The van der Waals surface area contributed by atoms with E-state index in [4.69, 9.17) is 25.5 Å². The van der Waals surface area contributed by atoms with Crippen LogP contribution in [0.2, 0.25) is 0 Å². The molecule has 0 atom stereocenters. The summed E-state index contributed by atoms with van der Waals surface area (Å²) in [7, 11) is 0. The van der Waals surface area contributed by atoms with Gasteiger partial charge in [0.05, 0.1) is 48.3 Å². The highest BCUT2D eigenvalue weighted by atomic mass is 19.1. The van der Waals surface area contributed by atoms with Crippen molar-refractivity contribution in [2.75, 3.05) is 36.8 Å². The Morgan fingerprint density at radius 2 is 1.68 bits per heavy atom. The zero-order valence-electron chi connectivity index (χ0n) is 31.3. The van der Waals surface area contributed by atoms with E-state index in [2.05, 4.69) is 42.9 Å². The number of hydrogen-bond acceptors (Lipinski definition) is 10. The maximum Gasteiger partial charge on any atom is 0.128 e. The number of rotatable bonds is 6. The summed E-state index contributed by atoms with van der Waals surface area (Å²) in [6.45, 7) is 4.25. The van der Waals surface area contributed by atoms with Crippen molar-refractivity contribution >= 4 is 17.0 Å². The van der Waals surface area contributed by atoms with Gasteiger partial charge in [0.15, 0.2) is 0 Å². The minimum atomic E-state index is -0.313. The first-order valence-electron chi connectivity index (χ1n) is 19.9. The fourth-order valence-electron chi connectivity index (χ4n) is 9.69. The average molecular weight is 750 g/mol. The van der Waals surface area contributed by atoms with Crippen molar-refractivity contribution in [1.29, 1.82) is 5.26 Å². The molecule has 4 aliphatic rings. The molecule has 13 heteroatoms. The lowest BCUT2D eigenvalue weighted by atomic mass is 9.85. The van der Waals surface area contributed by atoms with Gasteiger partial charge in [-0.15, -0.1) is 0 Å². The molecule has 2 N–H and O–H groups in total. The average Bonchev–Trinajstić information content (AvgIpc) is 4.00. The van der Waals surface area contributed by atoms with E-state index in [0.29, 0.717) is 41.2 Å². The van der Waals surface area contributed by atoms with Gasteiger partial charge in [0.25, 0.3) is 0 Å². The molecule has 284 valence electrons. The van der Waals surface area contributed by atoms with Gasteiger partial charge in [0.1, 0.15) is 34.4 Å². The Balaban J connectivity index is 0.817. The van der Waals surface area contributed by atoms with Gasteiger partial charge in [-0.3, -0.25) is 9.67 Å². The van der Waals surface area contributed by atoms with Crippen molar-refractivity contribution in [2.24, 2.45) is 0 Å². The molecule has 12 nitrogen and oxygen atoms in total. The lowest BCUT2D eigenvalue weighted by molar-refractivity contribution is -0.0574. The minimum absolute atomic E-state index is 0.177. The molecule has 1 aliphatic carbocycles. The third-order valence-electron chi connectivity index (χ3n) is 12.8. The number of nitriles is 1. The third kappa shape index (κ3) is 6.17. The van der Waals surface area contributed by atoms with E-state index in [1.54, 1.807) is 10.7 Å². The Morgan fingerprint density at radius 3 is 2.45 bits per heavy atom. The first kappa shape index (κ1) is 34.8. The van der Waals surface area contributed by atoms with Crippen LogP contribution in [0, 0.1) is 17.1 Å². The maximum absolute atomic E-state index is 14.6. The van der Waals surface area contributed by atoms with Gasteiger partial charge in [-0.25, -0.2) is 18.9 Å². The quantitative estimate of drug-likeness (QED) is 0.177. The third-order valence-corrected chi connectivity index (χ3v) is 12.8. The monoisotopic (exact) mass is 749 g/mol. The number of piperidine rings is 2. The summed E-state index contributed by atoms with van der Waals surface area (Å²) in [4.78, 5) is 19.6. The SMILES string of the molecule is N#Cc1cnn2cc(-c3cnn(C4CCC(N5CCC(c6ccc(N)cc6F)CC5)CC4)c3)nc(-c3ccc(N4CCC5(CC4)OCc4cccnc45)nc3)c12. The van der Waals surface area contributed by atoms with Crippen molar-refractivity contribution in [2.45, 2.75) is 81.6 Å². The summed E-state index contributed by atoms with van der Waals surface area (Å²) in [6.07, 6.45) is 19.1. The molecule has 1 aromatic carbocycles. The number of halogens is 1. The number of pyridine rings is 2. The van der Waals surface area contributed by atoms with Crippen molar-refractivity contribution < 1.29 is 9.13 Å². The molecule has 0 radical (unpaired) electrons. The standard InChI is InChI=1S/C43H44FN11O/c44-37-20-33(46)4-9-36(37)28-11-16-52(17-12-28)34-5-7-35(8-6-34)54-25-32(24-49-54)38-26-55-41(31(21-45)23-50-55)40(51-38)29-3-10-39(48-22-29)53-18-13-43(14-19-53)42-30(27-56-43)2-1-15-47-42/h1-4,9-10,15,20,22-26,28,34-35H,5-8,11-14,16-19,27,46H2. The predicted octanol–water partition coefficient (Wildman–Crippen LogP) is 7.03.